The van der Waals surface area contributed by atoms with Gasteiger partial charge in [-0.05, 0) is 24.4 Å². The normalized spacial score (nSPS) is 15.0. The number of aromatic nitrogens is 2. The fourth-order valence-electron chi connectivity index (χ4n) is 2.68. The maximum Gasteiger partial charge on any atom is 0.246 e. The molecule has 3 rings (SSSR count). The Morgan fingerprint density at radius 3 is 2.64 bits per heavy atom. The third-order valence-corrected chi connectivity index (χ3v) is 4.93. The second-order valence-corrected chi connectivity index (χ2v) is 7.20. The number of anilines is 2. The molecule has 0 aromatic carbocycles. The number of nitrogens with zero attached hydrogens (tertiary/aromatic N) is 5. The Balaban J connectivity index is 1.61. The van der Waals surface area contributed by atoms with Crippen molar-refractivity contribution < 1.29 is 4.79 Å². The van der Waals surface area contributed by atoms with Gasteiger partial charge in [-0.1, -0.05) is 6.07 Å². The SMILES string of the molecule is Cc1cc(N(C)C)nc(N2CCN(C(=O)/C=C/c3cccs3)CC2)n1. The van der Waals surface area contributed by atoms with E-state index in [0.29, 0.717) is 13.1 Å². The number of aryl methyl sites for hydroxylation is 1. The molecule has 0 N–H and O–H groups in total. The van der Waals surface area contributed by atoms with Gasteiger partial charge in [0.05, 0.1) is 0 Å². The largest absolute Gasteiger partial charge is 0.363 e. The third kappa shape index (κ3) is 4.36. The highest BCUT2D eigenvalue weighted by atomic mass is 32.1. The van der Waals surface area contributed by atoms with Crippen LogP contribution in [0.2, 0.25) is 0 Å². The number of carbonyl (C=O) groups is 1. The lowest BCUT2D eigenvalue weighted by molar-refractivity contribution is -0.126. The van der Waals surface area contributed by atoms with E-state index in [4.69, 9.17) is 0 Å². The van der Waals surface area contributed by atoms with E-state index in [-0.39, 0.29) is 5.91 Å². The van der Waals surface area contributed by atoms with Crippen molar-refractivity contribution >= 4 is 35.1 Å². The number of amides is 1. The van der Waals surface area contributed by atoms with Crippen molar-refractivity contribution in [3.63, 3.8) is 0 Å². The Hall–Kier alpha value is -2.41. The van der Waals surface area contributed by atoms with Crippen LogP contribution < -0.4 is 9.80 Å². The summed E-state index contributed by atoms with van der Waals surface area (Å²) in [6.07, 6.45) is 3.54. The van der Waals surface area contributed by atoms with Crippen molar-refractivity contribution in [1.82, 2.24) is 14.9 Å². The lowest BCUT2D eigenvalue weighted by Gasteiger charge is -2.34. The first-order valence-corrected chi connectivity index (χ1v) is 9.19. The van der Waals surface area contributed by atoms with Crippen LogP contribution in [0.3, 0.4) is 0 Å². The minimum atomic E-state index is 0.0622. The van der Waals surface area contributed by atoms with E-state index in [2.05, 4.69) is 14.9 Å². The maximum absolute atomic E-state index is 12.3. The molecule has 2 aromatic rings. The van der Waals surface area contributed by atoms with Crippen molar-refractivity contribution in [2.75, 3.05) is 50.1 Å². The van der Waals surface area contributed by atoms with E-state index in [1.54, 1.807) is 17.4 Å². The zero-order valence-electron chi connectivity index (χ0n) is 14.8. The van der Waals surface area contributed by atoms with Crippen LogP contribution in [-0.4, -0.2) is 61.0 Å². The monoisotopic (exact) mass is 357 g/mol. The highest BCUT2D eigenvalue weighted by Crippen LogP contribution is 2.17. The summed E-state index contributed by atoms with van der Waals surface area (Å²) in [6, 6.07) is 5.96. The van der Waals surface area contributed by atoms with Crippen molar-refractivity contribution in [3.05, 3.63) is 40.2 Å². The van der Waals surface area contributed by atoms with Crippen LogP contribution in [0.15, 0.2) is 29.7 Å². The molecule has 1 amide bonds. The van der Waals surface area contributed by atoms with Crippen molar-refractivity contribution in [3.8, 4) is 0 Å². The lowest BCUT2D eigenvalue weighted by atomic mass is 10.3. The highest BCUT2D eigenvalue weighted by molar-refractivity contribution is 7.10. The third-order valence-electron chi connectivity index (χ3n) is 4.09. The molecular weight excluding hydrogens is 334 g/mol. The van der Waals surface area contributed by atoms with Gasteiger partial charge >= 0.3 is 0 Å². The van der Waals surface area contributed by atoms with E-state index in [0.717, 1.165) is 35.4 Å². The Morgan fingerprint density at radius 2 is 2.00 bits per heavy atom. The van der Waals surface area contributed by atoms with Crippen LogP contribution in [-0.2, 0) is 4.79 Å². The van der Waals surface area contributed by atoms with E-state index in [1.165, 1.54) is 0 Å². The number of piperazine rings is 1. The predicted octanol–water partition coefficient (Wildman–Crippen LogP) is 2.27. The number of rotatable bonds is 4. The topological polar surface area (TPSA) is 52.6 Å². The Morgan fingerprint density at radius 1 is 1.24 bits per heavy atom. The van der Waals surface area contributed by atoms with Gasteiger partial charge in [-0.3, -0.25) is 4.79 Å². The Bertz CT molecular complexity index is 749. The summed E-state index contributed by atoms with van der Waals surface area (Å²) in [5, 5.41) is 2.01. The molecule has 0 aliphatic carbocycles. The minimum absolute atomic E-state index is 0.0622. The van der Waals surface area contributed by atoms with Crippen molar-refractivity contribution in [1.29, 1.82) is 0 Å². The molecule has 0 saturated carbocycles. The molecule has 0 bridgehead atoms. The van der Waals surface area contributed by atoms with Gasteiger partial charge in [0.2, 0.25) is 11.9 Å². The summed E-state index contributed by atoms with van der Waals surface area (Å²) in [5.41, 5.74) is 0.950. The molecule has 1 aliphatic heterocycles. The zero-order valence-corrected chi connectivity index (χ0v) is 15.7. The van der Waals surface area contributed by atoms with Crippen LogP contribution in [0.4, 0.5) is 11.8 Å². The fourth-order valence-corrected chi connectivity index (χ4v) is 3.30. The van der Waals surface area contributed by atoms with Gasteiger partial charge in [0.1, 0.15) is 5.82 Å². The first kappa shape index (κ1) is 17.4. The van der Waals surface area contributed by atoms with E-state index in [1.807, 2.05) is 60.5 Å². The molecular formula is C18H23N5OS. The first-order valence-electron chi connectivity index (χ1n) is 8.31. The molecule has 6 nitrogen and oxygen atoms in total. The standard InChI is InChI=1S/C18H23N5OS/c1-14-13-16(21(2)3)20-18(19-14)23-10-8-22(9-11-23)17(24)7-6-15-5-4-12-25-15/h4-7,12-13H,8-11H2,1-3H3/b7-6+. The summed E-state index contributed by atoms with van der Waals surface area (Å²) in [7, 11) is 3.95. The van der Waals surface area contributed by atoms with Gasteiger partial charge in [0.15, 0.2) is 0 Å². The van der Waals surface area contributed by atoms with Gasteiger partial charge in [-0.25, -0.2) is 4.98 Å². The molecule has 1 aliphatic rings. The molecule has 3 heterocycles. The van der Waals surface area contributed by atoms with Gasteiger partial charge < -0.3 is 14.7 Å². The van der Waals surface area contributed by atoms with E-state index in [9.17, 15) is 4.79 Å². The minimum Gasteiger partial charge on any atom is -0.363 e. The van der Waals surface area contributed by atoms with Crippen LogP contribution >= 0.6 is 11.3 Å². The number of thiophene rings is 1. The van der Waals surface area contributed by atoms with Crippen LogP contribution in [0.25, 0.3) is 6.08 Å². The zero-order chi connectivity index (χ0) is 17.8. The predicted molar refractivity (Wildman–Crippen MR) is 103 cm³/mol. The molecule has 0 unspecified atom stereocenters. The average Bonchev–Trinajstić information content (AvgIpc) is 3.13. The Kier molecular flexibility index (Phi) is 5.33. The molecule has 0 radical (unpaired) electrons. The number of carbonyl (C=O) groups excluding carboxylic acids is 1. The van der Waals surface area contributed by atoms with Gasteiger partial charge in [-0.15, -0.1) is 11.3 Å². The van der Waals surface area contributed by atoms with Crippen LogP contribution in [0.1, 0.15) is 10.6 Å². The average molecular weight is 357 g/mol. The molecule has 0 spiro atoms. The second kappa shape index (κ2) is 7.65. The molecule has 2 aromatic heterocycles. The summed E-state index contributed by atoms with van der Waals surface area (Å²) >= 11 is 1.63. The summed E-state index contributed by atoms with van der Waals surface area (Å²) in [6.45, 7) is 4.83. The lowest BCUT2D eigenvalue weighted by Crippen LogP contribution is -2.49. The smallest absolute Gasteiger partial charge is 0.246 e. The molecule has 0 atom stereocenters. The quantitative estimate of drug-likeness (QED) is 0.786. The summed E-state index contributed by atoms with van der Waals surface area (Å²) < 4.78 is 0. The van der Waals surface area contributed by atoms with Crippen LogP contribution in [0, 0.1) is 6.92 Å². The van der Waals surface area contributed by atoms with E-state index < -0.39 is 0 Å². The van der Waals surface area contributed by atoms with Gasteiger partial charge in [0, 0.05) is 63.0 Å². The van der Waals surface area contributed by atoms with Crippen LogP contribution in [0.5, 0.6) is 0 Å². The number of hydrogen-bond donors (Lipinski definition) is 0. The maximum atomic E-state index is 12.3. The first-order chi connectivity index (χ1) is 12.0. The molecule has 132 valence electrons. The highest BCUT2D eigenvalue weighted by Gasteiger charge is 2.22. The van der Waals surface area contributed by atoms with Crippen molar-refractivity contribution in [2.45, 2.75) is 6.92 Å². The summed E-state index contributed by atoms with van der Waals surface area (Å²) in [4.78, 5) is 28.6. The molecule has 25 heavy (non-hydrogen) atoms. The molecule has 7 heteroatoms. The van der Waals surface area contributed by atoms with Gasteiger partial charge in [-0.2, -0.15) is 4.98 Å². The molecule has 1 fully saturated rings. The van der Waals surface area contributed by atoms with Crippen molar-refractivity contribution in [2.24, 2.45) is 0 Å². The second-order valence-electron chi connectivity index (χ2n) is 6.22. The summed E-state index contributed by atoms with van der Waals surface area (Å²) in [5.74, 6) is 1.71. The van der Waals surface area contributed by atoms with Gasteiger partial charge in [0.25, 0.3) is 0 Å². The van der Waals surface area contributed by atoms with E-state index >= 15 is 0 Å². The fraction of sp³-hybridized carbons (Fsp3) is 0.389. The number of hydrogen-bond acceptors (Lipinski definition) is 6. The molecule has 1 saturated heterocycles. The Labute approximate surface area is 152 Å².